The molecule has 1 N–H and O–H groups in total. The van der Waals surface area contributed by atoms with Crippen molar-refractivity contribution >= 4 is 38.6 Å². The summed E-state index contributed by atoms with van der Waals surface area (Å²) >= 11 is 0. The Balaban J connectivity index is 1.44. The van der Waals surface area contributed by atoms with E-state index in [1.165, 1.54) is 0 Å². The maximum atomic E-state index is 14.8. The fourth-order valence-electron chi connectivity index (χ4n) is 6.47. The number of ether oxygens (including phenoxy) is 2. The normalized spacial score (nSPS) is 13.9. The number of sulfonamides is 1. The molecule has 11 heteroatoms. The number of aromatic nitrogens is 1. The van der Waals surface area contributed by atoms with Gasteiger partial charge in [-0.15, -0.1) is 0 Å². The molecule has 1 aliphatic rings. The molecule has 4 aromatic rings. The van der Waals surface area contributed by atoms with Crippen molar-refractivity contribution in [1.29, 1.82) is 0 Å². The van der Waals surface area contributed by atoms with Gasteiger partial charge in [0.2, 0.25) is 15.9 Å². The molecule has 0 aliphatic heterocycles. The van der Waals surface area contributed by atoms with E-state index in [1.807, 2.05) is 75.1 Å². The number of anilines is 1. The highest BCUT2D eigenvalue weighted by Crippen LogP contribution is 2.33. The van der Waals surface area contributed by atoms with Crippen molar-refractivity contribution in [3.05, 3.63) is 90.1 Å². The van der Waals surface area contributed by atoms with Crippen molar-refractivity contribution in [2.75, 3.05) is 37.8 Å². The SMILES string of the molecule is CCN(C[C@@H](Cc1cccc(-c2ccc(NS(C)(=O)=O)cc2)c1)C(=O)N(Cc1cn(CCCOC)c2ccccc12)C1CC1)C(=O)OC(C)(C)C. The number of rotatable bonds is 16. The summed E-state index contributed by atoms with van der Waals surface area (Å²) in [5.41, 5.74) is 4.91. The molecule has 1 saturated carbocycles. The van der Waals surface area contributed by atoms with Crippen LogP contribution < -0.4 is 4.72 Å². The smallest absolute Gasteiger partial charge is 0.410 e. The highest BCUT2D eigenvalue weighted by Gasteiger charge is 2.38. The number of hydrogen-bond acceptors (Lipinski definition) is 6. The summed E-state index contributed by atoms with van der Waals surface area (Å²) in [4.78, 5) is 31.8. The molecule has 274 valence electrons. The van der Waals surface area contributed by atoms with E-state index >= 15 is 0 Å². The first kappa shape index (κ1) is 37.9. The van der Waals surface area contributed by atoms with Crippen LogP contribution in [0.4, 0.5) is 10.5 Å². The molecule has 1 aliphatic carbocycles. The van der Waals surface area contributed by atoms with Crippen LogP contribution in [0.25, 0.3) is 22.0 Å². The third-order valence-corrected chi connectivity index (χ3v) is 9.59. The van der Waals surface area contributed by atoms with Crippen molar-refractivity contribution < 1.29 is 27.5 Å². The first-order valence-corrected chi connectivity index (χ1v) is 19.6. The van der Waals surface area contributed by atoms with Crippen LogP contribution in [0, 0.1) is 5.92 Å². The van der Waals surface area contributed by atoms with Crippen molar-refractivity contribution in [1.82, 2.24) is 14.4 Å². The molecule has 10 nitrogen and oxygen atoms in total. The molecule has 1 fully saturated rings. The van der Waals surface area contributed by atoms with E-state index in [1.54, 1.807) is 24.1 Å². The molecule has 1 atom stereocenters. The second kappa shape index (κ2) is 16.3. The minimum Gasteiger partial charge on any atom is -0.444 e. The van der Waals surface area contributed by atoms with Gasteiger partial charge in [0.15, 0.2) is 0 Å². The number of hydrogen-bond donors (Lipinski definition) is 1. The number of carbonyl (C=O) groups is 2. The third-order valence-electron chi connectivity index (χ3n) is 8.98. The molecule has 3 aromatic carbocycles. The van der Waals surface area contributed by atoms with Crippen LogP contribution in [0.5, 0.6) is 0 Å². The van der Waals surface area contributed by atoms with Crippen molar-refractivity contribution in [3.8, 4) is 11.1 Å². The Labute approximate surface area is 302 Å². The second-order valence-corrected chi connectivity index (χ2v) is 16.2. The Kier molecular flexibility index (Phi) is 12.1. The zero-order valence-electron chi connectivity index (χ0n) is 30.7. The second-order valence-electron chi connectivity index (χ2n) is 14.5. The third kappa shape index (κ3) is 10.6. The number of carbonyl (C=O) groups excluding carboxylic acids is 2. The van der Waals surface area contributed by atoms with Gasteiger partial charge in [-0.3, -0.25) is 9.52 Å². The summed E-state index contributed by atoms with van der Waals surface area (Å²) in [6, 6.07) is 23.8. The zero-order valence-corrected chi connectivity index (χ0v) is 31.5. The van der Waals surface area contributed by atoms with Crippen LogP contribution in [0.2, 0.25) is 0 Å². The van der Waals surface area contributed by atoms with Crippen LogP contribution in [0.3, 0.4) is 0 Å². The van der Waals surface area contributed by atoms with E-state index < -0.39 is 27.6 Å². The number of nitrogens with one attached hydrogen (secondary N) is 1. The Morgan fingerprint density at radius 3 is 2.37 bits per heavy atom. The number of para-hydroxylation sites is 1. The van der Waals surface area contributed by atoms with E-state index in [2.05, 4.69) is 33.7 Å². The summed E-state index contributed by atoms with van der Waals surface area (Å²) in [5, 5.41) is 1.14. The quantitative estimate of drug-likeness (QED) is 0.122. The first-order valence-electron chi connectivity index (χ1n) is 17.8. The number of amides is 2. The van der Waals surface area contributed by atoms with E-state index in [0.717, 1.165) is 65.2 Å². The predicted octanol–water partition coefficient (Wildman–Crippen LogP) is 7.32. The number of benzene rings is 3. The Hall–Kier alpha value is -4.35. The van der Waals surface area contributed by atoms with Gasteiger partial charge in [0.1, 0.15) is 5.60 Å². The fourth-order valence-corrected chi connectivity index (χ4v) is 7.03. The molecule has 0 bridgehead atoms. The van der Waals surface area contributed by atoms with E-state index in [9.17, 15) is 18.0 Å². The molecular weight excluding hydrogens is 665 g/mol. The summed E-state index contributed by atoms with van der Waals surface area (Å²) in [5.74, 6) is -0.484. The van der Waals surface area contributed by atoms with Gasteiger partial charge in [-0.2, -0.15) is 0 Å². The van der Waals surface area contributed by atoms with E-state index in [4.69, 9.17) is 9.47 Å². The predicted molar refractivity (Wildman–Crippen MR) is 203 cm³/mol. The minimum atomic E-state index is -3.38. The average molecular weight is 717 g/mol. The van der Waals surface area contributed by atoms with Gasteiger partial charge >= 0.3 is 6.09 Å². The topological polar surface area (TPSA) is 110 Å². The van der Waals surface area contributed by atoms with Crippen LogP contribution in [0.1, 0.15) is 58.1 Å². The minimum absolute atomic E-state index is 0.0253. The first-order chi connectivity index (χ1) is 24.2. The summed E-state index contributed by atoms with van der Waals surface area (Å²) in [7, 11) is -1.67. The molecule has 51 heavy (non-hydrogen) atoms. The van der Waals surface area contributed by atoms with Gasteiger partial charge < -0.3 is 23.8 Å². The van der Waals surface area contributed by atoms with Crippen molar-refractivity contribution in [3.63, 3.8) is 0 Å². The molecule has 0 radical (unpaired) electrons. The number of methoxy groups -OCH3 is 1. The molecule has 0 saturated heterocycles. The van der Waals surface area contributed by atoms with E-state index in [0.29, 0.717) is 31.8 Å². The number of nitrogens with zero attached hydrogens (tertiary/aromatic N) is 3. The molecular formula is C40H52N4O6S. The monoisotopic (exact) mass is 716 g/mol. The van der Waals surface area contributed by atoms with Gasteiger partial charge in [0.05, 0.1) is 12.2 Å². The summed E-state index contributed by atoms with van der Waals surface area (Å²) in [6.07, 6.45) is 6.09. The van der Waals surface area contributed by atoms with Crippen LogP contribution >= 0.6 is 0 Å². The fraction of sp³-hybridized carbons (Fsp3) is 0.450. The molecule has 1 heterocycles. The van der Waals surface area contributed by atoms with Gasteiger partial charge in [-0.25, -0.2) is 13.2 Å². The van der Waals surface area contributed by atoms with Gasteiger partial charge in [0, 0.05) is 68.7 Å². The Morgan fingerprint density at radius 2 is 1.73 bits per heavy atom. The van der Waals surface area contributed by atoms with Crippen LogP contribution in [0.15, 0.2) is 79.0 Å². The lowest BCUT2D eigenvalue weighted by molar-refractivity contribution is -0.137. The maximum absolute atomic E-state index is 14.8. The lowest BCUT2D eigenvalue weighted by Gasteiger charge is -2.32. The summed E-state index contributed by atoms with van der Waals surface area (Å²) in [6.45, 7) is 10.1. The Morgan fingerprint density at radius 1 is 1.00 bits per heavy atom. The molecule has 2 amide bonds. The summed E-state index contributed by atoms with van der Waals surface area (Å²) < 4.78 is 39.2. The lowest BCUT2D eigenvalue weighted by atomic mass is 9.94. The van der Waals surface area contributed by atoms with Gasteiger partial charge in [0.25, 0.3) is 0 Å². The largest absolute Gasteiger partial charge is 0.444 e. The highest BCUT2D eigenvalue weighted by atomic mass is 32.2. The Bertz CT molecular complexity index is 1910. The zero-order chi connectivity index (χ0) is 36.8. The van der Waals surface area contributed by atoms with Crippen molar-refractivity contribution in [2.45, 2.75) is 78.1 Å². The molecule has 1 aromatic heterocycles. The van der Waals surface area contributed by atoms with Crippen LogP contribution in [-0.2, 0) is 43.8 Å². The van der Waals surface area contributed by atoms with Gasteiger partial charge in [-0.1, -0.05) is 54.6 Å². The molecule has 0 unspecified atom stereocenters. The number of aryl methyl sites for hydroxylation is 1. The average Bonchev–Trinajstić information content (AvgIpc) is 3.86. The molecule has 5 rings (SSSR count). The highest BCUT2D eigenvalue weighted by molar-refractivity contribution is 7.92. The van der Waals surface area contributed by atoms with E-state index in [-0.39, 0.29) is 18.5 Å². The van der Waals surface area contributed by atoms with Gasteiger partial charge in [-0.05, 0) is 93.8 Å². The number of fused-ring (bicyclic) bond motifs is 1. The van der Waals surface area contributed by atoms with Crippen LogP contribution in [-0.4, -0.2) is 79.5 Å². The maximum Gasteiger partial charge on any atom is 0.410 e. The van der Waals surface area contributed by atoms with Crippen molar-refractivity contribution in [2.24, 2.45) is 5.92 Å². The lowest BCUT2D eigenvalue weighted by Crippen LogP contribution is -2.46. The molecule has 0 spiro atoms. The standard InChI is InChI=1S/C40H52N4O6S/c1-7-42(39(46)50-40(2,3)4)26-32(25-29-12-10-13-31(24-29)30-16-18-34(19-17-30)41-51(6,47)48)38(45)44(35-20-21-35)28-33-27-43(22-11-23-49-5)37-15-9-8-14-36(33)37/h8-10,12-19,24,27,32,35,41H,7,11,20-23,25-26,28H2,1-6H3/t32-/m1/s1.